The summed E-state index contributed by atoms with van der Waals surface area (Å²) in [6.07, 6.45) is 10.3. The first-order valence-electron chi connectivity index (χ1n) is 7.02. The molecular weight excluding hydrogens is 236 g/mol. The number of nitrogens with zero attached hydrogens (tertiary/aromatic N) is 4. The first-order valence-corrected chi connectivity index (χ1v) is 7.02. The van der Waals surface area contributed by atoms with Crippen molar-refractivity contribution in [3.05, 3.63) is 48.3 Å². The van der Waals surface area contributed by atoms with Crippen LogP contribution in [0.4, 0.5) is 0 Å². The van der Waals surface area contributed by atoms with Gasteiger partial charge in [0.1, 0.15) is 5.82 Å². The summed E-state index contributed by atoms with van der Waals surface area (Å²) in [5.41, 5.74) is 1.33. The Bertz CT molecular complexity index is 520. The van der Waals surface area contributed by atoms with Gasteiger partial charge in [-0.15, -0.1) is 0 Å². The lowest BCUT2D eigenvalue weighted by Gasteiger charge is -2.24. The topological polar surface area (TPSA) is 34.0 Å². The zero-order valence-electron chi connectivity index (χ0n) is 11.4. The minimum absolute atomic E-state index is 0.496. The molecule has 1 unspecified atom stereocenters. The quantitative estimate of drug-likeness (QED) is 0.843. The molecule has 0 amide bonds. The summed E-state index contributed by atoms with van der Waals surface area (Å²) in [7, 11) is 0. The molecular formula is C15H20N4. The molecule has 3 rings (SSSR count). The van der Waals surface area contributed by atoms with Gasteiger partial charge in [-0.2, -0.15) is 0 Å². The first-order chi connectivity index (χ1) is 9.38. The maximum atomic E-state index is 4.48. The summed E-state index contributed by atoms with van der Waals surface area (Å²) in [5, 5.41) is 0. The number of rotatable bonds is 4. The van der Waals surface area contributed by atoms with Gasteiger partial charge in [-0.3, -0.25) is 9.88 Å². The van der Waals surface area contributed by atoms with Crippen molar-refractivity contribution < 1.29 is 0 Å². The van der Waals surface area contributed by atoms with Crippen molar-refractivity contribution in [2.24, 2.45) is 0 Å². The molecule has 1 aliphatic heterocycles. The van der Waals surface area contributed by atoms with Gasteiger partial charge in [-0.1, -0.05) is 6.07 Å². The highest BCUT2D eigenvalue weighted by Crippen LogP contribution is 2.32. The molecule has 1 aliphatic rings. The third kappa shape index (κ3) is 2.54. The Morgan fingerprint density at radius 3 is 3.11 bits per heavy atom. The maximum Gasteiger partial charge on any atom is 0.122 e. The summed E-state index contributed by atoms with van der Waals surface area (Å²) in [5.74, 6) is 1.17. The molecule has 100 valence electrons. The predicted molar refractivity (Wildman–Crippen MR) is 74.5 cm³/mol. The molecule has 0 saturated carbocycles. The second kappa shape index (κ2) is 5.53. The number of imidazole rings is 1. The van der Waals surface area contributed by atoms with Crippen LogP contribution in [0.15, 0.2) is 36.9 Å². The molecule has 3 heterocycles. The molecule has 19 heavy (non-hydrogen) atoms. The van der Waals surface area contributed by atoms with Crippen LogP contribution in [-0.4, -0.2) is 26.0 Å². The minimum Gasteiger partial charge on any atom is -0.334 e. The van der Waals surface area contributed by atoms with Gasteiger partial charge in [0.2, 0.25) is 0 Å². The molecule has 0 aliphatic carbocycles. The molecule has 2 aromatic heterocycles. The molecule has 1 atom stereocenters. The Morgan fingerprint density at radius 2 is 2.32 bits per heavy atom. The van der Waals surface area contributed by atoms with Crippen molar-refractivity contribution >= 4 is 0 Å². The number of pyridine rings is 1. The number of hydrogen-bond acceptors (Lipinski definition) is 3. The van der Waals surface area contributed by atoms with E-state index in [1.807, 2.05) is 24.7 Å². The number of likely N-dealkylation sites (tertiary alicyclic amines) is 1. The van der Waals surface area contributed by atoms with Crippen molar-refractivity contribution in [1.82, 2.24) is 19.4 Å². The molecule has 4 nitrogen and oxygen atoms in total. The van der Waals surface area contributed by atoms with E-state index < -0.39 is 0 Å². The Hall–Kier alpha value is -1.68. The minimum atomic E-state index is 0.496. The van der Waals surface area contributed by atoms with E-state index in [-0.39, 0.29) is 0 Å². The van der Waals surface area contributed by atoms with Gasteiger partial charge in [-0.25, -0.2) is 4.98 Å². The van der Waals surface area contributed by atoms with Crippen LogP contribution in [0.3, 0.4) is 0 Å². The Balaban J connectivity index is 1.77. The molecule has 0 radical (unpaired) electrons. The van der Waals surface area contributed by atoms with Crippen LogP contribution in [0.1, 0.15) is 37.2 Å². The molecule has 0 aromatic carbocycles. The Labute approximate surface area is 114 Å². The van der Waals surface area contributed by atoms with E-state index in [2.05, 4.69) is 38.6 Å². The predicted octanol–water partition coefficient (Wildman–Crippen LogP) is 2.64. The van der Waals surface area contributed by atoms with Crippen LogP contribution < -0.4 is 0 Å². The highest BCUT2D eigenvalue weighted by Gasteiger charge is 2.26. The van der Waals surface area contributed by atoms with Crippen LogP contribution in [0.25, 0.3) is 0 Å². The van der Waals surface area contributed by atoms with Crippen LogP contribution in [-0.2, 0) is 13.1 Å². The van der Waals surface area contributed by atoms with Crippen molar-refractivity contribution in [2.75, 3.05) is 6.54 Å². The van der Waals surface area contributed by atoms with Gasteiger partial charge in [0, 0.05) is 37.4 Å². The largest absolute Gasteiger partial charge is 0.334 e. The van der Waals surface area contributed by atoms with E-state index in [1.54, 1.807) is 0 Å². The van der Waals surface area contributed by atoms with Crippen LogP contribution in [0, 0.1) is 0 Å². The molecule has 0 spiro atoms. The zero-order chi connectivity index (χ0) is 13.1. The zero-order valence-corrected chi connectivity index (χ0v) is 11.4. The van der Waals surface area contributed by atoms with Crippen LogP contribution in [0.5, 0.6) is 0 Å². The van der Waals surface area contributed by atoms with Crippen LogP contribution >= 0.6 is 0 Å². The van der Waals surface area contributed by atoms with Gasteiger partial charge in [0.05, 0.1) is 6.54 Å². The van der Waals surface area contributed by atoms with Gasteiger partial charge in [-0.05, 0) is 37.9 Å². The monoisotopic (exact) mass is 256 g/mol. The highest BCUT2D eigenvalue weighted by molar-refractivity contribution is 5.15. The smallest absolute Gasteiger partial charge is 0.122 e. The second-order valence-electron chi connectivity index (χ2n) is 5.04. The molecule has 0 N–H and O–H groups in total. The lowest BCUT2D eigenvalue weighted by molar-refractivity contribution is 0.238. The van der Waals surface area contributed by atoms with Gasteiger partial charge in [0.25, 0.3) is 0 Å². The third-order valence-corrected chi connectivity index (χ3v) is 3.92. The van der Waals surface area contributed by atoms with Gasteiger partial charge >= 0.3 is 0 Å². The van der Waals surface area contributed by atoms with Gasteiger partial charge < -0.3 is 4.57 Å². The van der Waals surface area contributed by atoms with Crippen molar-refractivity contribution in [1.29, 1.82) is 0 Å². The fourth-order valence-corrected chi connectivity index (χ4v) is 2.93. The molecule has 1 fully saturated rings. The van der Waals surface area contributed by atoms with Gasteiger partial charge in [0.15, 0.2) is 0 Å². The molecule has 1 saturated heterocycles. The van der Waals surface area contributed by atoms with E-state index in [1.165, 1.54) is 24.2 Å². The van der Waals surface area contributed by atoms with E-state index in [0.29, 0.717) is 6.04 Å². The number of aryl methyl sites for hydroxylation is 1. The van der Waals surface area contributed by atoms with E-state index >= 15 is 0 Å². The van der Waals surface area contributed by atoms with Crippen molar-refractivity contribution in [3.63, 3.8) is 0 Å². The fourth-order valence-electron chi connectivity index (χ4n) is 2.93. The number of aromatic nitrogens is 3. The highest BCUT2D eigenvalue weighted by atomic mass is 15.2. The van der Waals surface area contributed by atoms with Crippen molar-refractivity contribution in [3.8, 4) is 0 Å². The summed E-state index contributed by atoms with van der Waals surface area (Å²) < 4.78 is 2.22. The standard InChI is InChI=1S/C15H20N4/c1-2-18-10-8-17-15(18)12-19-9-4-6-14(19)13-5-3-7-16-11-13/h3,5,7-8,10-11,14H,2,4,6,9,12H2,1H3. The SMILES string of the molecule is CCn1ccnc1CN1CCCC1c1cccnc1. The third-order valence-electron chi connectivity index (χ3n) is 3.92. The first kappa shape index (κ1) is 12.4. The summed E-state index contributed by atoms with van der Waals surface area (Å²) in [4.78, 5) is 11.3. The summed E-state index contributed by atoms with van der Waals surface area (Å²) >= 11 is 0. The van der Waals surface area contributed by atoms with E-state index in [9.17, 15) is 0 Å². The second-order valence-corrected chi connectivity index (χ2v) is 5.04. The lowest BCUT2D eigenvalue weighted by Crippen LogP contribution is -2.24. The molecule has 0 bridgehead atoms. The summed E-state index contributed by atoms with van der Waals surface area (Å²) in [6.45, 7) is 5.23. The lowest BCUT2D eigenvalue weighted by atomic mass is 10.1. The van der Waals surface area contributed by atoms with E-state index in [4.69, 9.17) is 0 Å². The Kier molecular flexibility index (Phi) is 3.60. The molecule has 2 aromatic rings. The van der Waals surface area contributed by atoms with E-state index in [0.717, 1.165) is 19.6 Å². The normalized spacial score (nSPS) is 19.9. The van der Waals surface area contributed by atoms with Crippen molar-refractivity contribution in [2.45, 2.75) is 38.9 Å². The summed E-state index contributed by atoms with van der Waals surface area (Å²) in [6, 6.07) is 4.71. The maximum absolute atomic E-state index is 4.48. The molecule has 4 heteroatoms. The number of hydrogen-bond donors (Lipinski definition) is 0. The average Bonchev–Trinajstić information content (AvgIpc) is 3.09. The average molecular weight is 256 g/mol. The van der Waals surface area contributed by atoms with Crippen LogP contribution in [0.2, 0.25) is 0 Å². The Morgan fingerprint density at radius 1 is 1.37 bits per heavy atom. The fraction of sp³-hybridized carbons (Fsp3) is 0.467.